The molecule has 0 aliphatic rings. The van der Waals surface area contributed by atoms with Crippen LogP contribution in [0.25, 0.3) is 22.4 Å². The number of benzene rings is 2. The van der Waals surface area contributed by atoms with Crippen molar-refractivity contribution in [3.63, 3.8) is 0 Å². The summed E-state index contributed by atoms with van der Waals surface area (Å²) in [5.74, 6) is 0.929. The maximum absolute atomic E-state index is 12.0. The Balaban J connectivity index is 2.23. The summed E-state index contributed by atoms with van der Waals surface area (Å²) < 4.78 is 11.3. The van der Waals surface area contributed by atoms with Gasteiger partial charge in [-0.25, -0.2) is 0 Å². The Morgan fingerprint density at radius 3 is 2.70 bits per heavy atom. The van der Waals surface area contributed by atoms with Gasteiger partial charge < -0.3 is 9.15 Å². The summed E-state index contributed by atoms with van der Waals surface area (Å²) in [4.78, 5) is 16.0. The molecule has 0 unspecified atom stereocenters. The highest BCUT2D eigenvalue weighted by Gasteiger charge is 2.12. The molecule has 2 aromatic carbocycles. The number of rotatable bonds is 3. The predicted octanol–water partition coefficient (Wildman–Crippen LogP) is 3.25. The Morgan fingerprint density at radius 1 is 1.10 bits per heavy atom. The highest BCUT2D eigenvalue weighted by molar-refractivity contribution is 5.77. The van der Waals surface area contributed by atoms with Crippen LogP contribution in [-0.4, -0.2) is 11.6 Å². The summed E-state index contributed by atoms with van der Waals surface area (Å²) in [5, 5.41) is 0.477. The van der Waals surface area contributed by atoms with E-state index < -0.39 is 0 Å². The smallest absolute Gasteiger partial charge is 0.284 e. The zero-order valence-corrected chi connectivity index (χ0v) is 11.0. The normalized spacial score (nSPS) is 10.7. The number of hydrogen-bond acceptors (Lipinski definition) is 4. The van der Waals surface area contributed by atoms with Gasteiger partial charge in [0.1, 0.15) is 11.3 Å². The maximum atomic E-state index is 12.0. The second-order valence-corrected chi connectivity index (χ2v) is 4.25. The lowest BCUT2D eigenvalue weighted by Gasteiger charge is -2.08. The number of para-hydroxylation sites is 2. The molecule has 1 aromatic heterocycles. The van der Waals surface area contributed by atoms with Crippen molar-refractivity contribution in [1.29, 1.82) is 0 Å². The van der Waals surface area contributed by atoms with Crippen molar-refractivity contribution in [3.8, 4) is 17.2 Å². The third-order valence-electron chi connectivity index (χ3n) is 2.94. The Bertz CT molecular complexity index is 808. The van der Waals surface area contributed by atoms with Gasteiger partial charge in [-0.1, -0.05) is 24.3 Å². The molecule has 0 spiro atoms. The molecule has 3 rings (SSSR count). The van der Waals surface area contributed by atoms with E-state index in [0.29, 0.717) is 28.9 Å². The van der Waals surface area contributed by atoms with Gasteiger partial charge in [0.05, 0.1) is 17.6 Å². The van der Waals surface area contributed by atoms with E-state index in [2.05, 4.69) is 4.98 Å². The lowest BCUT2D eigenvalue weighted by molar-refractivity contribution is 0.340. The minimum absolute atomic E-state index is 0.276. The Hall–Kier alpha value is -2.62. The summed E-state index contributed by atoms with van der Waals surface area (Å²) in [5.41, 5.74) is 0.902. The van der Waals surface area contributed by atoms with Gasteiger partial charge in [-0.15, -0.1) is 0 Å². The van der Waals surface area contributed by atoms with E-state index in [1.807, 2.05) is 37.3 Å². The number of fused-ring (bicyclic) bond motifs is 1. The topological polar surface area (TPSA) is 52.3 Å². The van der Waals surface area contributed by atoms with E-state index >= 15 is 0 Å². The molecule has 3 aromatic rings. The van der Waals surface area contributed by atoms with Gasteiger partial charge in [0.2, 0.25) is 5.89 Å². The zero-order valence-electron chi connectivity index (χ0n) is 11.0. The summed E-state index contributed by atoms with van der Waals surface area (Å²) >= 11 is 0. The first-order valence-corrected chi connectivity index (χ1v) is 6.41. The largest absolute Gasteiger partial charge is 0.493 e. The molecular formula is C16H13NO3. The average Bonchev–Trinajstić information content (AvgIpc) is 2.48. The van der Waals surface area contributed by atoms with Gasteiger partial charge in [0.15, 0.2) is 0 Å². The molecule has 0 saturated carbocycles. The van der Waals surface area contributed by atoms with Crippen molar-refractivity contribution >= 4 is 11.0 Å². The highest BCUT2D eigenvalue weighted by atomic mass is 16.5. The zero-order chi connectivity index (χ0) is 13.9. The minimum Gasteiger partial charge on any atom is -0.493 e. The standard InChI is InChI=1S/C16H13NO3/c1-2-19-13-9-5-4-8-12(13)16-17-15(18)11-7-3-6-10-14(11)20-16/h3-10H,2H2,1H3. The molecule has 100 valence electrons. The molecule has 0 saturated heterocycles. The van der Waals surface area contributed by atoms with Crippen molar-refractivity contribution in [2.45, 2.75) is 6.92 Å². The average molecular weight is 267 g/mol. The van der Waals surface area contributed by atoms with Crippen molar-refractivity contribution in [2.24, 2.45) is 0 Å². The monoisotopic (exact) mass is 267 g/mol. The fraction of sp³-hybridized carbons (Fsp3) is 0.125. The van der Waals surface area contributed by atoms with E-state index in [0.717, 1.165) is 0 Å². The number of nitrogens with zero attached hydrogens (tertiary/aromatic N) is 1. The fourth-order valence-electron chi connectivity index (χ4n) is 2.05. The van der Waals surface area contributed by atoms with Crippen LogP contribution >= 0.6 is 0 Å². The summed E-state index contributed by atoms with van der Waals surface area (Å²) in [6, 6.07) is 14.4. The van der Waals surface area contributed by atoms with Gasteiger partial charge in [-0.2, -0.15) is 4.98 Å². The predicted molar refractivity (Wildman–Crippen MR) is 76.9 cm³/mol. The first-order valence-electron chi connectivity index (χ1n) is 6.41. The molecule has 0 aliphatic heterocycles. The quantitative estimate of drug-likeness (QED) is 0.731. The molecule has 0 amide bonds. The van der Waals surface area contributed by atoms with Crippen LogP contribution in [0.4, 0.5) is 0 Å². The third kappa shape index (κ3) is 2.16. The van der Waals surface area contributed by atoms with E-state index in [1.165, 1.54) is 0 Å². The molecule has 0 bridgehead atoms. The van der Waals surface area contributed by atoms with Crippen LogP contribution in [0.2, 0.25) is 0 Å². The molecule has 0 N–H and O–H groups in total. The molecule has 0 aliphatic carbocycles. The van der Waals surface area contributed by atoms with Crippen LogP contribution < -0.4 is 10.3 Å². The molecule has 0 atom stereocenters. The van der Waals surface area contributed by atoms with Crippen LogP contribution in [0.5, 0.6) is 5.75 Å². The lowest BCUT2D eigenvalue weighted by atomic mass is 10.2. The molecule has 1 heterocycles. The van der Waals surface area contributed by atoms with Gasteiger partial charge in [-0.05, 0) is 31.2 Å². The third-order valence-corrected chi connectivity index (χ3v) is 2.94. The number of aromatic nitrogens is 1. The van der Waals surface area contributed by atoms with Crippen LogP contribution in [0.1, 0.15) is 6.92 Å². The van der Waals surface area contributed by atoms with Gasteiger partial charge >= 0.3 is 0 Å². The van der Waals surface area contributed by atoms with Gasteiger partial charge in [0.25, 0.3) is 5.56 Å². The van der Waals surface area contributed by atoms with Crippen LogP contribution in [0.3, 0.4) is 0 Å². The van der Waals surface area contributed by atoms with E-state index in [4.69, 9.17) is 9.15 Å². The first-order chi connectivity index (χ1) is 9.79. The molecule has 4 heteroatoms. The number of ether oxygens (including phenoxy) is 1. The van der Waals surface area contributed by atoms with Crippen molar-refractivity contribution in [3.05, 3.63) is 58.9 Å². The lowest BCUT2D eigenvalue weighted by Crippen LogP contribution is -2.07. The molecule has 0 fully saturated rings. The first kappa shape index (κ1) is 12.4. The Morgan fingerprint density at radius 2 is 1.85 bits per heavy atom. The van der Waals surface area contributed by atoms with Crippen molar-refractivity contribution in [1.82, 2.24) is 4.98 Å². The van der Waals surface area contributed by atoms with Crippen LogP contribution in [-0.2, 0) is 0 Å². The van der Waals surface area contributed by atoms with Crippen LogP contribution in [0, 0.1) is 0 Å². The Labute approximate surface area is 115 Å². The molecular weight excluding hydrogens is 254 g/mol. The summed E-state index contributed by atoms with van der Waals surface area (Å²) in [6.07, 6.45) is 0. The summed E-state index contributed by atoms with van der Waals surface area (Å²) in [7, 11) is 0. The maximum Gasteiger partial charge on any atom is 0.284 e. The SMILES string of the molecule is CCOc1ccccc1-c1nc(=O)c2ccccc2o1. The van der Waals surface area contributed by atoms with E-state index in [-0.39, 0.29) is 11.4 Å². The second-order valence-electron chi connectivity index (χ2n) is 4.25. The van der Waals surface area contributed by atoms with Crippen molar-refractivity contribution in [2.75, 3.05) is 6.61 Å². The molecule has 0 radical (unpaired) electrons. The second kappa shape index (κ2) is 5.17. The van der Waals surface area contributed by atoms with Crippen molar-refractivity contribution < 1.29 is 9.15 Å². The molecule has 4 nitrogen and oxygen atoms in total. The van der Waals surface area contributed by atoms with E-state index in [1.54, 1.807) is 18.2 Å². The van der Waals surface area contributed by atoms with Gasteiger partial charge in [0, 0.05) is 0 Å². The molecule has 20 heavy (non-hydrogen) atoms. The summed E-state index contributed by atoms with van der Waals surface area (Å²) in [6.45, 7) is 2.44. The van der Waals surface area contributed by atoms with Crippen LogP contribution in [0.15, 0.2) is 57.7 Å². The fourth-order valence-corrected chi connectivity index (χ4v) is 2.05. The van der Waals surface area contributed by atoms with Gasteiger partial charge in [-0.3, -0.25) is 4.79 Å². The highest BCUT2D eigenvalue weighted by Crippen LogP contribution is 2.29. The number of hydrogen-bond donors (Lipinski definition) is 0. The van der Waals surface area contributed by atoms with E-state index in [9.17, 15) is 4.79 Å². The minimum atomic E-state index is -0.298. The Kier molecular flexibility index (Phi) is 3.21.